The maximum atomic E-state index is 11.7. The molecule has 5 aromatic rings. The smallest absolute Gasteiger partial charge is 0.162 e. The zero-order chi connectivity index (χ0) is 34.1. The number of benzene rings is 3. The fourth-order valence-corrected chi connectivity index (χ4v) is 7.22. The summed E-state index contributed by atoms with van der Waals surface area (Å²) in [4.78, 5) is 16.8. The van der Waals surface area contributed by atoms with Crippen molar-refractivity contribution in [1.82, 2.24) is 4.98 Å². The van der Waals surface area contributed by atoms with E-state index in [1.54, 1.807) is 0 Å². The monoisotopic (exact) mass is 821 g/mol. The molecule has 0 spiro atoms. The van der Waals surface area contributed by atoms with Crippen LogP contribution in [-0.2, 0) is 35.7 Å². The van der Waals surface area contributed by atoms with Crippen LogP contribution in [0.1, 0.15) is 105 Å². The van der Waals surface area contributed by atoms with Gasteiger partial charge < -0.3 is 9.52 Å². The molecule has 5 heteroatoms. The van der Waals surface area contributed by atoms with Crippen molar-refractivity contribution in [3.8, 4) is 22.6 Å². The number of hydrogen-bond acceptors (Lipinski definition) is 4. The third-order valence-electron chi connectivity index (χ3n) is 9.95. The van der Waals surface area contributed by atoms with E-state index in [0.29, 0.717) is 0 Å². The van der Waals surface area contributed by atoms with Crippen LogP contribution in [0.4, 0.5) is 0 Å². The average Bonchev–Trinajstić information content (AvgIpc) is 3.55. The largest absolute Gasteiger partial charge is 0.512 e. The van der Waals surface area contributed by atoms with Crippen LogP contribution in [0.2, 0.25) is 0 Å². The summed E-state index contributed by atoms with van der Waals surface area (Å²) >= 11 is 0. The molecule has 0 bridgehead atoms. The van der Waals surface area contributed by atoms with Crippen molar-refractivity contribution >= 4 is 27.7 Å². The Morgan fingerprint density at radius 3 is 2.12 bits per heavy atom. The van der Waals surface area contributed by atoms with E-state index in [1.807, 2.05) is 39.8 Å². The molecular weight excluding hydrogens is 771 g/mol. The number of ketones is 1. The molecule has 1 aliphatic carbocycles. The van der Waals surface area contributed by atoms with Gasteiger partial charge in [-0.1, -0.05) is 110 Å². The normalized spacial score (nSPS) is 13.7. The van der Waals surface area contributed by atoms with Gasteiger partial charge in [0.25, 0.3) is 0 Å². The van der Waals surface area contributed by atoms with E-state index in [4.69, 9.17) is 9.40 Å². The molecule has 255 valence electrons. The van der Waals surface area contributed by atoms with Crippen molar-refractivity contribution in [2.24, 2.45) is 11.8 Å². The van der Waals surface area contributed by atoms with E-state index in [2.05, 4.69) is 95.3 Å². The number of carbonyl (C=O) groups excluding carboxylic acids is 1. The maximum Gasteiger partial charge on any atom is 0.162 e. The fraction of sp³-hybridized carbons (Fsp3) is 0.395. The Labute approximate surface area is 300 Å². The minimum absolute atomic E-state index is 0. The molecule has 0 fully saturated rings. The molecule has 0 saturated heterocycles. The summed E-state index contributed by atoms with van der Waals surface area (Å²) in [5, 5.41) is 12.2. The van der Waals surface area contributed by atoms with E-state index in [-0.39, 0.29) is 54.3 Å². The number of aromatic nitrogens is 1. The van der Waals surface area contributed by atoms with Crippen molar-refractivity contribution in [3.63, 3.8) is 0 Å². The Kier molecular flexibility index (Phi) is 11.6. The van der Waals surface area contributed by atoms with Gasteiger partial charge in [-0.2, -0.15) is 0 Å². The third kappa shape index (κ3) is 6.96. The van der Waals surface area contributed by atoms with Crippen molar-refractivity contribution in [3.05, 3.63) is 101 Å². The number of furan rings is 1. The van der Waals surface area contributed by atoms with Gasteiger partial charge in [-0.3, -0.25) is 9.78 Å². The molecule has 6 rings (SSSR count). The van der Waals surface area contributed by atoms with Gasteiger partial charge in [0, 0.05) is 54.4 Å². The zero-order valence-electron chi connectivity index (χ0n) is 30.0. The van der Waals surface area contributed by atoms with Gasteiger partial charge >= 0.3 is 0 Å². The second-order valence-corrected chi connectivity index (χ2v) is 14.4. The molecule has 0 aliphatic heterocycles. The topological polar surface area (TPSA) is 63.3 Å². The Balaban J connectivity index is 0.000000279. The molecule has 2 aromatic heterocycles. The van der Waals surface area contributed by atoms with Crippen LogP contribution in [0, 0.1) is 17.9 Å². The van der Waals surface area contributed by atoms with Gasteiger partial charge in [-0.05, 0) is 59.9 Å². The fourth-order valence-electron chi connectivity index (χ4n) is 7.22. The van der Waals surface area contributed by atoms with Crippen LogP contribution >= 0.6 is 0 Å². The number of rotatable bonds is 8. The molecule has 1 radical (unpaired) electrons. The average molecular weight is 821 g/mol. The number of nitrogens with zero attached hydrogens (tertiary/aromatic N) is 1. The quantitative estimate of drug-likeness (QED) is 0.0962. The predicted octanol–water partition coefficient (Wildman–Crippen LogP) is 11.9. The second-order valence-electron chi connectivity index (χ2n) is 14.4. The van der Waals surface area contributed by atoms with Gasteiger partial charge in [0.15, 0.2) is 5.78 Å². The molecule has 0 atom stereocenters. The summed E-state index contributed by atoms with van der Waals surface area (Å²) in [7, 11) is 0. The number of aliphatic hydroxyl groups excluding tert-OH is 1. The molecule has 0 saturated carbocycles. The summed E-state index contributed by atoms with van der Waals surface area (Å²) < 4.78 is 6.38. The van der Waals surface area contributed by atoms with Crippen LogP contribution in [0.25, 0.3) is 44.5 Å². The first-order valence-corrected chi connectivity index (χ1v) is 17.3. The molecule has 3 aromatic carbocycles. The van der Waals surface area contributed by atoms with Crippen LogP contribution in [0.15, 0.2) is 83.0 Å². The van der Waals surface area contributed by atoms with E-state index in [0.717, 1.165) is 59.4 Å². The number of aliphatic hydroxyl groups is 1. The van der Waals surface area contributed by atoms with E-state index in [9.17, 15) is 9.90 Å². The number of pyridine rings is 1. The Morgan fingerprint density at radius 2 is 1.50 bits per heavy atom. The van der Waals surface area contributed by atoms with Crippen molar-refractivity contribution < 1.29 is 34.4 Å². The zero-order valence-corrected chi connectivity index (χ0v) is 32.4. The van der Waals surface area contributed by atoms with Gasteiger partial charge in [0.1, 0.15) is 11.3 Å². The predicted molar refractivity (Wildman–Crippen MR) is 196 cm³/mol. The van der Waals surface area contributed by atoms with Gasteiger partial charge in [-0.25, -0.2) is 0 Å². The third-order valence-corrected chi connectivity index (χ3v) is 9.95. The molecule has 48 heavy (non-hydrogen) atoms. The number of para-hydroxylation sites is 2. The van der Waals surface area contributed by atoms with Crippen LogP contribution < -0.4 is 0 Å². The first-order valence-electron chi connectivity index (χ1n) is 17.3. The minimum Gasteiger partial charge on any atom is -0.512 e. The first kappa shape index (κ1) is 37.3. The molecule has 0 amide bonds. The summed E-state index contributed by atoms with van der Waals surface area (Å²) in [6.45, 7) is 19.5. The summed E-state index contributed by atoms with van der Waals surface area (Å²) in [5.74, 6) is 1.53. The minimum atomic E-state index is -0.209. The molecule has 1 aliphatic rings. The molecular formula is C43H50IrNO3-. The number of fused-ring (bicyclic) bond motifs is 6. The summed E-state index contributed by atoms with van der Waals surface area (Å²) in [6.07, 6.45) is 4.91. The molecule has 2 heterocycles. The van der Waals surface area contributed by atoms with E-state index < -0.39 is 0 Å². The number of hydrogen-bond donors (Lipinski definition) is 1. The maximum absolute atomic E-state index is 11.7. The van der Waals surface area contributed by atoms with Gasteiger partial charge in [0.05, 0.1) is 11.3 Å². The summed E-state index contributed by atoms with van der Waals surface area (Å²) in [6, 6.07) is 26.8. The van der Waals surface area contributed by atoms with Crippen molar-refractivity contribution in [2.45, 2.75) is 98.8 Å². The SMILES string of the molecule is CC(C)(C)c1cc(-c2[c-]ccc3c2C(C)(C)c2c-3oc3ccccc23)nc2ccccc12.CCC(CC)C(=O)/C=C(\O)C(CC)CC.[Ir]. The van der Waals surface area contributed by atoms with Crippen molar-refractivity contribution in [1.29, 1.82) is 0 Å². The van der Waals surface area contributed by atoms with Crippen LogP contribution in [0.5, 0.6) is 0 Å². The van der Waals surface area contributed by atoms with E-state index >= 15 is 0 Å². The number of allylic oxidation sites excluding steroid dienone is 2. The van der Waals surface area contributed by atoms with Crippen LogP contribution in [0.3, 0.4) is 0 Å². The Bertz CT molecular complexity index is 1930. The summed E-state index contributed by atoms with van der Waals surface area (Å²) in [5.41, 5.74) is 8.80. The first-order chi connectivity index (χ1) is 22.4. The molecule has 1 N–H and O–H groups in total. The standard InChI is InChI=1S/C30H26NO.C13H24O2.Ir/c1-29(2,3)22-17-24(31-23-15-8-6-11-18(22)23)19-13-10-14-21-26(19)30(4,5)27-20-12-7-9-16-25(20)32-28(21)27;1-5-10(6-2)12(14)9-13(15)11(7-3)8-4;/h6-12,14-17H,1-5H3;9-11,14H,5-8H2,1-4H3;/q-1;;/b;12-9-;. The van der Waals surface area contributed by atoms with E-state index in [1.165, 1.54) is 33.5 Å². The Morgan fingerprint density at radius 1 is 0.896 bits per heavy atom. The van der Waals surface area contributed by atoms with Crippen LogP contribution in [-0.4, -0.2) is 15.9 Å². The molecule has 0 unspecified atom stereocenters. The van der Waals surface area contributed by atoms with Gasteiger partial charge in [0.2, 0.25) is 0 Å². The second kappa shape index (κ2) is 14.9. The Hall–Kier alpha value is -3.53. The molecule has 4 nitrogen and oxygen atoms in total. The number of carbonyl (C=O) groups is 1. The van der Waals surface area contributed by atoms with Crippen molar-refractivity contribution in [2.75, 3.05) is 0 Å². The van der Waals surface area contributed by atoms with Gasteiger partial charge in [-0.15, -0.1) is 29.3 Å².